The molecule has 1 amide bonds. The summed E-state index contributed by atoms with van der Waals surface area (Å²) in [5, 5.41) is 8.19. The first-order valence-corrected chi connectivity index (χ1v) is 16.3. The van der Waals surface area contributed by atoms with E-state index >= 15 is 0 Å². The fraction of sp³-hybridized carbons (Fsp3) is 0.848. The molecule has 6 nitrogen and oxygen atoms in total. The number of hydrogen-bond acceptors (Lipinski definition) is 5. The van der Waals surface area contributed by atoms with Crippen molar-refractivity contribution in [2.24, 2.45) is 39.7 Å². The molecule has 0 radical (unpaired) electrons. The molecule has 0 aromatic heterocycles. The summed E-state index contributed by atoms with van der Waals surface area (Å²) in [7, 11) is 0. The molecule has 39 heavy (non-hydrogen) atoms. The topological polar surface area (TPSA) is 71.0 Å². The monoisotopic (exact) mass is 537 g/mol. The van der Waals surface area contributed by atoms with Gasteiger partial charge < -0.3 is 10.2 Å². The minimum atomic E-state index is -0.247. The average molecular weight is 538 g/mol. The molecule has 6 aliphatic rings. The minimum absolute atomic E-state index is 0.214. The Bertz CT molecular complexity index is 1010. The van der Waals surface area contributed by atoms with Crippen LogP contribution in [0.2, 0.25) is 0 Å². The van der Waals surface area contributed by atoms with E-state index < -0.39 is 0 Å². The molecule has 0 aromatic rings. The molecule has 1 aliphatic heterocycles. The third kappa shape index (κ3) is 5.02. The lowest BCUT2D eigenvalue weighted by molar-refractivity contribution is -0.117. The van der Waals surface area contributed by atoms with Crippen LogP contribution in [-0.4, -0.2) is 47.7 Å². The highest BCUT2D eigenvalue weighted by molar-refractivity contribution is 5.91. The first-order valence-electron chi connectivity index (χ1n) is 16.3. The summed E-state index contributed by atoms with van der Waals surface area (Å²) < 4.78 is 0. The number of allylic oxidation sites excluding steroid dienone is 1. The summed E-state index contributed by atoms with van der Waals surface area (Å²) in [5.74, 6) is 2.86. The summed E-state index contributed by atoms with van der Waals surface area (Å²) in [6.45, 7) is 8.86. The first-order chi connectivity index (χ1) is 18.8. The van der Waals surface area contributed by atoms with Gasteiger partial charge in [0, 0.05) is 31.0 Å². The molecule has 216 valence electrons. The number of hydrogen-bond donors (Lipinski definition) is 1. The Kier molecular flexibility index (Phi) is 7.71. The predicted molar refractivity (Wildman–Crippen MR) is 154 cm³/mol. The van der Waals surface area contributed by atoms with E-state index in [9.17, 15) is 9.59 Å². The molecule has 1 N–H and O–H groups in total. The zero-order valence-corrected chi connectivity index (χ0v) is 24.7. The Balaban J connectivity index is 1.13. The maximum atomic E-state index is 13.4. The summed E-state index contributed by atoms with van der Waals surface area (Å²) in [6.07, 6.45) is 18.9. The van der Waals surface area contributed by atoms with Crippen LogP contribution in [-0.2, 0) is 9.63 Å². The average Bonchev–Trinajstić information content (AvgIpc) is 3.59. The van der Waals surface area contributed by atoms with Gasteiger partial charge in [0.15, 0.2) is 5.78 Å². The summed E-state index contributed by atoms with van der Waals surface area (Å²) in [4.78, 5) is 33.3. The van der Waals surface area contributed by atoms with Crippen molar-refractivity contribution in [3.05, 3.63) is 11.6 Å². The first kappa shape index (κ1) is 27.5. The van der Waals surface area contributed by atoms with Crippen LogP contribution in [0, 0.1) is 34.5 Å². The van der Waals surface area contributed by atoms with Gasteiger partial charge in [-0.3, -0.25) is 9.63 Å². The van der Waals surface area contributed by atoms with Crippen LogP contribution in [0.1, 0.15) is 117 Å². The Hall–Kier alpha value is -1.69. The lowest BCUT2D eigenvalue weighted by Gasteiger charge is -2.58. The van der Waals surface area contributed by atoms with E-state index in [1.807, 2.05) is 11.0 Å². The van der Waals surface area contributed by atoms with Crippen LogP contribution in [0.25, 0.3) is 0 Å². The molecule has 4 saturated carbocycles. The van der Waals surface area contributed by atoms with Crippen molar-refractivity contribution in [1.82, 2.24) is 10.2 Å². The maximum Gasteiger partial charge on any atom is 0.436 e. The second kappa shape index (κ2) is 10.9. The van der Waals surface area contributed by atoms with E-state index in [1.54, 1.807) is 0 Å². The zero-order valence-electron chi connectivity index (χ0n) is 24.7. The lowest BCUT2D eigenvalue weighted by Crippen LogP contribution is -2.51. The third-order valence-electron chi connectivity index (χ3n) is 12.6. The van der Waals surface area contributed by atoms with E-state index in [2.05, 4.69) is 31.2 Å². The van der Waals surface area contributed by atoms with Crippen molar-refractivity contribution in [1.29, 1.82) is 0 Å². The Morgan fingerprint density at radius 2 is 1.79 bits per heavy atom. The summed E-state index contributed by atoms with van der Waals surface area (Å²) in [5.41, 5.74) is 2.89. The lowest BCUT2D eigenvalue weighted by atomic mass is 9.46. The fourth-order valence-electron chi connectivity index (χ4n) is 10.4. The molecular formula is C33H51N3O3. The number of nitrogens with zero attached hydrogens (tertiary/aromatic N) is 2. The highest BCUT2D eigenvalue weighted by Gasteiger charge is 2.59. The second-order valence-corrected chi connectivity index (χ2v) is 14.5. The Labute approximate surface area is 235 Å². The van der Waals surface area contributed by atoms with Crippen molar-refractivity contribution in [3.63, 3.8) is 0 Å². The molecule has 0 bridgehead atoms. The number of carbonyl (C=O) groups is 2. The van der Waals surface area contributed by atoms with Crippen LogP contribution < -0.4 is 5.32 Å². The SMILES string of the molecule is C/C(=N\OC(=O)N(CC1CCCCN1)C1CCCC1)[C@H]1CC[C@H]2[C@@H]3CCC4=CC(=O)CC[C@]4(C)[C@H]3CC[C@]12C. The maximum absolute atomic E-state index is 13.4. The fourth-order valence-corrected chi connectivity index (χ4v) is 10.4. The van der Waals surface area contributed by atoms with E-state index in [-0.39, 0.29) is 16.9 Å². The third-order valence-corrected chi connectivity index (χ3v) is 12.6. The number of nitrogens with one attached hydrogen (secondary N) is 1. The Morgan fingerprint density at radius 3 is 2.56 bits per heavy atom. The number of rotatable bonds is 5. The van der Waals surface area contributed by atoms with Gasteiger partial charge in [-0.05, 0) is 119 Å². The number of fused-ring (bicyclic) bond motifs is 5. The molecule has 7 atom stereocenters. The molecule has 1 saturated heterocycles. The van der Waals surface area contributed by atoms with Gasteiger partial charge in [-0.25, -0.2) is 4.79 Å². The van der Waals surface area contributed by atoms with Gasteiger partial charge in [0.2, 0.25) is 0 Å². The van der Waals surface area contributed by atoms with Gasteiger partial charge in [-0.1, -0.05) is 43.8 Å². The number of oxime groups is 1. The molecule has 5 aliphatic carbocycles. The van der Waals surface area contributed by atoms with Crippen LogP contribution >= 0.6 is 0 Å². The standard InChI is InChI=1S/C33H51N3O3/c1-22(35-39-31(38)36(25-9-4-5-10-25)21-24-8-6-7-19-34-24)28-13-14-29-27-12-11-23-20-26(37)15-17-32(23,2)30(27)16-18-33(28,29)3/h20,24-25,27-30,34H,4-19,21H2,1-3H3/b35-22+/t24?,27-,28+,29-,30-,32-,33+/m0/s1. The largest absolute Gasteiger partial charge is 0.436 e. The van der Waals surface area contributed by atoms with Crippen molar-refractivity contribution >= 4 is 17.6 Å². The number of piperidine rings is 1. The quantitative estimate of drug-likeness (QED) is 0.232. The van der Waals surface area contributed by atoms with Crippen molar-refractivity contribution < 1.29 is 14.4 Å². The molecule has 0 aromatic carbocycles. The van der Waals surface area contributed by atoms with Crippen LogP contribution in [0.3, 0.4) is 0 Å². The highest BCUT2D eigenvalue weighted by atomic mass is 16.7. The molecule has 0 spiro atoms. The van der Waals surface area contributed by atoms with E-state index in [0.717, 1.165) is 69.7 Å². The van der Waals surface area contributed by atoms with Crippen molar-refractivity contribution in [3.8, 4) is 0 Å². The Morgan fingerprint density at radius 1 is 1.00 bits per heavy atom. The molecule has 5 fully saturated rings. The minimum Gasteiger partial charge on any atom is -0.312 e. The predicted octanol–water partition coefficient (Wildman–Crippen LogP) is 7.03. The van der Waals surface area contributed by atoms with E-state index in [0.29, 0.717) is 35.6 Å². The number of carbonyl (C=O) groups excluding carboxylic acids is 2. The van der Waals surface area contributed by atoms with Gasteiger partial charge in [0.25, 0.3) is 0 Å². The molecule has 1 unspecified atom stereocenters. The summed E-state index contributed by atoms with van der Waals surface area (Å²) >= 11 is 0. The van der Waals surface area contributed by atoms with E-state index in [4.69, 9.17) is 4.84 Å². The number of ketones is 1. The van der Waals surface area contributed by atoms with Crippen LogP contribution in [0.15, 0.2) is 16.8 Å². The van der Waals surface area contributed by atoms with Crippen LogP contribution in [0.5, 0.6) is 0 Å². The molecular weight excluding hydrogens is 486 g/mol. The molecule has 6 heteroatoms. The van der Waals surface area contributed by atoms with Gasteiger partial charge in [-0.15, -0.1) is 0 Å². The van der Waals surface area contributed by atoms with Gasteiger partial charge in [0.1, 0.15) is 0 Å². The normalized spacial score (nSPS) is 40.9. The van der Waals surface area contributed by atoms with E-state index in [1.165, 1.54) is 56.9 Å². The van der Waals surface area contributed by atoms with Gasteiger partial charge in [-0.2, -0.15) is 0 Å². The van der Waals surface area contributed by atoms with Crippen molar-refractivity contribution in [2.75, 3.05) is 13.1 Å². The number of amides is 1. The van der Waals surface area contributed by atoms with Crippen LogP contribution in [0.4, 0.5) is 4.79 Å². The molecule has 1 heterocycles. The zero-order chi connectivity index (χ0) is 27.2. The van der Waals surface area contributed by atoms with Crippen molar-refractivity contribution in [2.45, 2.75) is 129 Å². The summed E-state index contributed by atoms with van der Waals surface area (Å²) in [6, 6.07) is 0.665. The highest BCUT2D eigenvalue weighted by Crippen LogP contribution is 2.66. The van der Waals surface area contributed by atoms with Gasteiger partial charge in [0.05, 0.1) is 5.71 Å². The smallest absolute Gasteiger partial charge is 0.312 e. The second-order valence-electron chi connectivity index (χ2n) is 14.5. The molecule has 6 rings (SSSR count). The van der Waals surface area contributed by atoms with Gasteiger partial charge >= 0.3 is 6.09 Å².